The van der Waals surface area contributed by atoms with Gasteiger partial charge in [-0.15, -0.1) is 0 Å². The molecule has 0 N–H and O–H groups in total. The van der Waals surface area contributed by atoms with Gasteiger partial charge in [0.05, 0.1) is 11.1 Å². The number of aryl methyl sites for hydroxylation is 2. The molecule has 0 atom stereocenters. The van der Waals surface area contributed by atoms with E-state index in [9.17, 15) is 9.59 Å². The number of ketones is 1. The van der Waals surface area contributed by atoms with Crippen LogP contribution in [-0.2, 0) is 11.2 Å². The third kappa shape index (κ3) is 3.49. The van der Waals surface area contributed by atoms with Gasteiger partial charge in [0.2, 0.25) is 0 Å². The molecular weight excluding hydrogens is 326 g/mol. The number of carbonyl (C=O) groups excluding carboxylic acids is 2. The first-order chi connectivity index (χ1) is 12.5. The molecule has 1 heterocycles. The predicted octanol–water partition coefficient (Wildman–Crippen LogP) is 4.45. The van der Waals surface area contributed by atoms with Crippen LogP contribution in [0.25, 0.3) is 10.9 Å². The van der Waals surface area contributed by atoms with Gasteiger partial charge in [-0.05, 0) is 31.9 Å². The number of Topliss-reactive ketones (excluding diaryl/α,β-unsaturated/α-hetero) is 1. The minimum atomic E-state index is -0.490. The number of carbonyl (C=O) groups is 2. The number of hydrogen-bond acceptors (Lipinski definition) is 4. The van der Waals surface area contributed by atoms with Crippen LogP contribution < -0.4 is 0 Å². The SMILES string of the molecule is CCc1nc2ccccc2c(C(=O)OCC(=O)c2ccc(C)cc2)c1C. The molecule has 0 amide bonds. The summed E-state index contributed by atoms with van der Waals surface area (Å²) in [4.78, 5) is 29.6. The first-order valence-electron chi connectivity index (χ1n) is 8.66. The molecule has 0 spiro atoms. The molecule has 0 bridgehead atoms. The minimum Gasteiger partial charge on any atom is -0.454 e. The monoisotopic (exact) mass is 347 g/mol. The highest BCUT2D eigenvalue weighted by molar-refractivity contribution is 6.06. The highest BCUT2D eigenvalue weighted by Gasteiger charge is 2.19. The third-order valence-electron chi connectivity index (χ3n) is 4.48. The van der Waals surface area contributed by atoms with Crippen molar-refractivity contribution in [1.82, 2.24) is 4.98 Å². The number of rotatable bonds is 5. The summed E-state index contributed by atoms with van der Waals surface area (Å²) in [5.41, 5.74) is 4.52. The van der Waals surface area contributed by atoms with Crippen molar-refractivity contribution in [3.8, 4) is 0 Å². The summed E-state index contributed by atoms with van der Waals surface area (Å²) in [5, 5.41) is 0.745. The molecule has 0 unspecified atom stereocenters. The zero-order chi connectivity index (χ0) is 18.7. The Bertz CT molecular complexity index is 975. The van der Waals surface area contributed by atoms with Crippen LogP contribution in [0.1, 0.15) is 44.5 Å². The van der Waals surface area contributed by atoms with E-state index in [1.54, 1.807) is 12.1 Å². The number of hydrogen-bond donors (Lipinski definition) is 0. The van der Waals surface area contributed by atoms with E-state index in [2.05, 4.69) is 4.98 Å². The van der Waals surface area contributed by atoms with Crippen LogP contribution in [0.4, 0.5) is 0 Å². The maximum atomic E-state index is 12.7. The molecule has 3 aromatic rings. The first-order valence-corrected chi connectivity index (χ1v) is 8.66. The average Bonchev–Trinajstić information content (AvgIpc) is 2.66. The second kappa shape index (κ2) is 7.48. The van der Waals surface area contributed by atoms with Gasteiger partial charge in [-0.1, -0.05) is 55.0 Å². The van der Waals surface area contributed by atoms with Crippen LogP contribution in [-0.4, -0.2) is 23.3 Å². The van der Waals surface area contributed by atoms with Crippen molar-refractivity contribution in [3.63, 3.8) is 0 Å². The Balaban J connectivity index is 1.87. The smallest absolute Gasteiger partial charge is 0.339 e. The summed E-state index contributed by atoms with van der Waals surface area (Å²) >= 11 is 0. The molecule has 4 heteroatoms. The Kier molecular flexibility index (Phi) is 5.12. The predicted molar refractivity (Wildman–Crippen MR) is 102 cm³/mol. The second-order valence-electron chi connectivity index (χ2n) is 6.29. The van der Waals surface area contributed by atoms with Gasteiger partial charge in [-0.2, -0.15) is 0 Å². The van der Waals surface area contributed by atoms with Crippen LogP contribution in [0.3, 0.4) is 0 Å². The van der Waals surface area contributed by atoms with Gasteiger partial charge in [-0.25, -0.2) is 4.79 Å². The van der Waals surface area contributed by atoms with Crippen molar-refractivity contribution in [2.45, 2.75) is 27.2 Å². The van der Waals surface area contributed by atoms with E-state index in [0.29, 0.717) is 11.1 Å². The number of ether oxygens (including phenoxy) is 1. The zero-order valence-electron chi connectivity index (χ0n) is 15.2. The molecule has 2 aromatic carbocycles. The number of para-hydroxylation sites is 1. The van der Waals surface area contributed by atoms with Crippen molar-refractivity contribution in [3.05, 3.63) is 76.5 Å². The van der Waals surface area contributed by atoms with E-state index in [4.69, 9.17) is 4.74 Å². The molecule has 3 rings (SSSR count). The standard InChI is InChI=1S/C22H21NO3/c1-4-18-15(3)21(17-7-5-6-8-19(17)23-18)22(25)26-13-20(24)16-11-9-14(2)10-12-16/h5-12H,4,13H2,1-3H3. The Labute approximate surface area is 152 Å². The van der Waals surface area contributed by atoms with Crippen molar-refractivity contribution in [1.29, 1.82) is 0 Å². The van der Waals surface area contributed by atoms with Crippen LogP contribution in [0.2, 0.25) is 0 Å². The van der Waals surface area contributed by atoms with Crippen LogP contribution in [0.15, 0.2) is 48.5 Å². The fourth-order valence-electron chi connectivity index (χ4n) is 2.99. The van der Waals surface area contributed by atoms with Gasteiger partial charge >= 0.3 is 5.97 Å². The Morgan fingerprint density at radius 1 is 1.00 bits per heavy atom. The molecule has 132 valence electrons. The molecule has 0 aliphatic rings. The van der Waals surface area contributed by atoms with E-state index < -0.39 is 5.97 Å². The lowest BCUT2D eigenvalue weighted by Gasteiger charge is -2.13. The summed E-state index contributed by atoms with van der Waals surface area (Å²) in [7, 11) is 0. The molecule has 0 radical (unpaired) electrons. The van der Waals surface area contributed by atoms with E-state index in [0.717, 1.165) is 34.1 Å². The van der Waals surface area contributed by atoms with Crippen LogP contribution in [0.5, 0.6) is 0 Å². The lowest BCUT2D eigenvalue weighted by atomic mass is 10.0. The number of nitrogens with zero attached hydrogens (tertiary/aromatic N) is 1. The summed E-state index contributed by atoms with van der Waals surface area (Å²) in [6, 6.07) is 14.7. The second-order valence-corrected chi connectivity index (χ2v) is 6.29. The number of aromatic nitrogens is 1. The van der Waals surface area contributed by atoms with E-state index in [1.165, 1.54) is 0 Å². The molecule has 0 saturated carbocycles. The minimum absolute atomic E-state index is 0.218. The summed E-state index contributed by atoms with van der Waals surface area (Å²) in [6.07, 6.45) is 0.721. The number of benzene rings is 2. The lowest BCUT2D eigenvalue weighted by Crippen LogP contribution is -2.16. The Morgan fingerprint density at radius 3 is 2.38 bits per heavy atom. The first kappa shape index (κ1) is 17.8. The zero-order valence-corrected chi connectivity index (χ0v) is 15.2. The van der Waals surface area contributed by atoms with E-state index in [-0.39, 0.29) is 12.4 Å². The molecule has 0 aliphatic carbocycles. The number of esters is 1. The summed E-state index contributed by atoms with van der Waals surface area (Å²) in [5.74, 6) is -0.707. The molecule has 0 aliphatic heterocycles. The average molecular weight is 347 g/mol. The Hall–Kier alpha value is -3.01. The van der Waals surface area contributed by atoms with Crippen LogP contribution in [0, 0.1) is 13.8 Å². The van der Waals surface area contributed by atoms with E-state index >= 15 is 0 Å². The van der Waals surface area contributed by atoms with Crippen molar-refractivity contribution >= 4 is 22.7 Å². The van der Waals surface area contributed by atoms with Crippen molar-refractivity contribution in [2.24, 2.45) is 0 Å². The molecule has 4 nitrogen and oxygen atoms in total. The largest absolute Gasteiger partial charge is 0.454 e. The van der Waals surface area contributed by atoms with Crippen molar-refractivity contribution < 1.29 is 14.3 Å². The van der Waals surface area contributed by atoms with Gasteiger partial charge in [0, 0.05) is 16.6 Å². The maximum Gasteiger partial charge on any atom is 0.339 e. The molecular formula is C22H21NO3. The highest BCUT2D eigenvalue weighted by atomic mass is 16.5. The normalized spacial score (nSPS) is 10.7. The molecule has 0 fully saturated rings. The molecule has 0 saturated heterocycles. The van der Waals surface area contributed by atoms with Gasteiger partial charge in [0.1, 0.15) is 0 Å². The third-order valence-corrected chi connectivity index (χ3v) is 4.48. The summed E-state index contributed by atoms with van der Waals surface area (Å²) in [6.45, 7) is 5.55. The van der Waals surface area contributed by atoms with Crippen molar-refractivity contribution in [2.75, 3.05) is 6.61 Å². The van der Waals surface area contributed by atoms with Crippen LogP contribution >= 0.6 is 0 Å². The fourth-order valence-corrected chi connectivity index (χ4v) is 2.99. The van der Waals surface area contributed by atoms with Gasteiger partial charge in [-0.3, -0.25) is 9.78 Å². The van der Waals surface area contributed by atoms with E-state index in [1.807, 2.05) is 57.2 Å². The van der Waals surface area contributed by atoms with Gasteiger partial charge in [0.15, 0.2) is 12.4 Å². The van der Waals surface area contributed by atoms with Gasteiger partial charge < -0.3 is 4.74 Å². The highest BCUT2D eigenvalue weighted by Crippen LogP contribution is 2.24. The topological polar surface area (TPSA) is 56.3 Å². The van der Waals surface area contributed by atoms with Gasteiger partial charge in [0.25, 0.3) is 0 Å². The lowest BCUT2D eigenvalue weighted by molar-refractivity contribution is 0.0476. The fraction of sp³-hybridized carbons (Fsp3) is 0.227. The summed E-state index contributed by atoms with van der Waals surface area (Å²) < 4.78 is 5.35. The number of fused-ring (bicyclic) bond motifs is 1. The maximum absolute atomic E-state index is 12.7. The Morgan fingerprint density at radius 2 is 1.69 bits per heavy atom. The quantitative estimate of drug-likeness (QED) is 0.505. The molecule has 26 heavy (non-hydrogen) atoms. The molecule has 1 aromatic heterocycles. The number of pyridine rings is 1.